The molecule has 0 bridgehead atoms. The van der Waals surface area contributed by atoms with Crippen molar-refractivity contribution in [3.63, 3.8) is 0 Å². The molecular weight excluding hydrogens is 518 g/mol. The second-order valence-corrected chi connectivity index (χ2v) is 8.93. The summed E-state index contributed by atoms with van der Waals surface area (Å²) < 4.78 is 58.7. The zero-order valence-corrected chi connectivity index (χ0v) is 24.5. The van der Waals surface area contributed by atoms with Crippen molar-refractivity contribution < 1.29 is 56.9 Å². The first-order valence-electron chi connectivity index (χ1n) is 13.6. The zero-order valence-electron chi connectivity index (χ0n) is 24.5. The van der Waals surface area contributed by atoms with Crippen LogP contribution < -0.4 is 5.32 Å². The Morgan fingerprint density at radius 2 is 0.718 bits per heavy atom. The van der Waals surface area contributed by atoms with Gasteiger partial charge in [0.05, 0.1) is 126 Å². The van der Waals surface area contributed by atoms with Gasteiger partial charge in [0.2, 0.25) is 0 Å². The number of alkyl carbamates (subject to hydrolysis) is 1. The molecule has 0 aliphatic carbocycles. The van der Waals surface area contributed by atoms with Crippen LogP contribution in [-0.4, -0.2) is 151 Å². The summed E-state index contributed by atoms with van der Waals surface area (Å²) in [6.07, 6.45) is -0.450. The highest BCUT2D eigenvalue weighted by Crippen LogP contribution is 2.06. The molecular formula is C26H53NO12. The summed E-state index contributed by atoms with van der Waals surface area (Å²) in [5, 5.41) is 2.63. The maximum Gasteiger partial charge on any atom is 0.407 e. The minimum Gasteiger partial charge on any atom is -0.444 e. The molecule has 0 saturated carbocycles. The van der Waals surface area contributed by atoms with Crippen LogP contribution in [0.15, 0.2) is 0 Å². The second-order valence-electron chi connectivity index (χ2n) is 8.93. The molecule has 0 aromatic heterocycles. The Kier molecular flexibility index (Phi) is 29.0. The van der Waals surface area contributed by atoms with Gasteiger partial charge in [0.15, 0.2) is 0 Å². The number of nitrogens with one attached hydrogen (secondary N) is 1. The zero-order chi connectivity index (χ0) is 28.7. The van der Waals surface area contributed by atoms with E-state index in [1.165, 1.54) is 0 Å². The minimum atomic E-state index is -0.507. The Morgan fingerprint density at radius 3 is 0.974 bits per heavy atom. The van der Waals surface area contributed by atoms with Crippen molar-refractivity contribution in [2.75, 3.05) is 139 Å². The molecule has 0 heterocycles. The van der Waals surface area contributed by atoms with E-state index in [0.29, 0.717) is 132 Å². The van der Waals surface area contributed by atoms with Crippen molar-refractivity contribution >= 4 is 6.09 Å². The van der Waals surface area contributed by atoms with Crippen LogP contribution in [0.2, 0.25) is 0 Å². The van der Waals surface area contributed by atoms with Gasteiger partial charge in [0.1, 0.15) is 5.60 Å². The van der Waals surface area contributed by atoms with Crippen molar-refractivity contribution in [3.05, 3.63) is 0 Å². The van der Waals surface area contributed by atoms with Crippen molar-refractivity contribution in [3.8, 4) is 0 Å². The van der Waals surface area contributed by atoms with Gasteiger partial charge in [-0.3, -0.25) is 0 Å². The van der Waals surface area contributed by atoms with E-state index in [-0.39, 0.29) is 0 Å². The van der Waals surface area contributed by atoms with Gasteiger partial charge in [0.25, 0.3) is 0 Å². The summed E-state index contributed by atoms with van der Waals surface area (Å²) in [6, 6.07) is 0. The maximum absolute atomic E-state index is 11.5. The molecule has 0 radical (unpaired) electrons. The van der Waals surface area contributed by atoms with Gasteiger partial charge in [-0.15, -0.1) is 0 Å². The summed E-state index contributed by atoms with van der Waals surface area (Å²) in [5.41, 5.74) is -0.507. The molecule has 0 aliphatic heterocycles. The van der Waals surface area contributed by atoms with E-state index in [2.05, 4.69) is 5.32 Å². The number of hydrogen-bond acceptors (Lipinski definition) is 12. The highest BCUT2D eigenvalue weighted by molar-refractivity contribution is 5.67. The van der Waals surface area contributed by atoms with Crippen LogP contribution in [0, 0.1) is 0 Å². The average molecular weight is 572 g/mol. The Bertz CT molecular complexity index is 508. The molecule has 13 heteroatoms. The first-order chi connectivity index (χ1) is 19.0. The van der Waals surface area contributed by atoms with E-state index in [0.717, 1.165) is 0 Å². The number of carbonyl (C=O) groups excluding carboxylic acids is 1. The third-order valence-corrected chi connectivity index (χ3v) is 4.32. The topological polar surface area (TPSA) is 131 Å². The average Bonchev–Trinajstić information content (AvgIpc) is 2.88. The minimum absolute atomic E-state index is 0.386. The first kappa shape index (κ1) is 37.9. The molecule has 0 aliphatic rings. The lowest BCUT2D eigenvalue weighted by Crippen LogP contribution is -2.34. The van der Waals surface area contributed by atoms with E-state index >= 15 is 0 Å². The normalized spacial score (nSPS) is 11.7. The fourth-order valence-electron chi connectivity index (χ4n) is 2.54. The molecule has 0 saturated heterocycles. The van der Waals surface area contributed by atoms with Gasteiger partial charge >= 0.3 is 6.09 Å². The lowest BCUT2D eigenvalue weighted by Gasteiger charge is -2.19. The van der Waals surface area contributed by atoms with E-state index in [4.69, 9.17) is 52.1 Å². The van der Waals surface area contributed by atoms with E-state index in [1.807, 2.05) is 20.8 Å². The summed E-state index contributed by atoms with van der Waals surface area (Å²) in [5.74, 6) is 0. The van der Waals surface area contributed by atoms with Crippen molar-refractivity contribution in [1.82, 2.24) is 5.32 Å². The molecule has 39 heavy (non-hydrogen) atoms. The molecule has 1 N–H and O–H groups in total. The number of amides is 1. The molecule has 234 valence electrons. The van der Waals surface area contributed by atoms with E-state index in [9.17, 15) is 4.79 Å². The third-order valence-electron chi connectivity index (χ3n) is 4.32. The molecule has 0 aromatic rings. The van der Waals surface area contributed by atoms with Crippen molar-refractivity contribution in [2.24, 2.45) is 0 Å². The van der Waals surface area contributed by atoms with Gasteiger partial charge in [-0.2, -0.15) is 0 Å². The lowest BCUT2D eigenvalue weighted by molar-refractivity contribution is -0.0258. The highest BCUT2D eigenvalue weighted by Gasteiger charge is 2.15. The number of carbonyl (C=O) groups is 1. The predicted octanol–water partition coefficient (Wildman–Crippen LogP) is 1.31. The van der Waals surface area contributed by atoms with Gasteiger partial charge < -0.3 is 57.4 Å². The molecule has 1 amide bonds. The van der Waals surface area contributed by atoms with Crippen molar-refractivity contribution in [2.45, 2.75) is 26.4 Å². The summed E-state index contributed by atoms with van der Waals surface area (Å²) >= 11 is 0. The van der Waals surface area contributed by atoms with Crippen LogP contribution in [0.5, 0.6) is 0 Å². The summed E-state index contributed by atoms with van der Waals surface area (Å²) in [6.45, 7) is 15.5. The molecule has 0 atom stereocenters. The van der Waals surface area contributed by atoms with Crippen LogP contribution in [-0.2, 0) is 52.1 Å². The van der Waals surface area contributed by atoms with Gasteiger partial charge in [-0.1, -0.05) is 0 Å². The largest absolute Gasteiger partial charge is 0.444 e. The van der Waals surface area contributed by atoms with Crippen molar-refractivity contribution in [1.29, 1.82) is 0 Å². The summed E-state index contributed by atoms with van der Waals surface area (Å²) in [4.78, 5) is 11.5. The van der Waals surface area contributed by atoms with Gasteiger partial charge in [-0.05, 0) is 20.8 Å². The fourth-order valence-corrected chi connectivity index (χ4v) is 2.54. The standard InChI is InChI=1S/C26H53NO12/c1-26(2,3)39-25(28)27-5-6-30-9-10-32-13-14-34-17-18-36-21-22-38-24-23-37-20-19-35-16-15-33-12-11-31-8-7-29-4/h5-24H2,1-4H3,(H,27,28). The first-order valence-corrected chi connectivity index (χ1v) is 13.6. The number of methoxy groups -OCH3 is 1. The second kappa shape index (κ2) is 29.8. The van der Waals surface area contributed by atoms with E-state index < -0.39 is 11.7 Å². The Morgan fingerprint density at radius 1 is 0.462 bits per heavy atom. The molecule has 0 aromatic carbocycles. The van der Waals surface area contributed by atoms with Crippen LogP contribution in [0.3, 0.4) is 0 Å². The Labute approximate surface area is 234 Å². The molecule has 0 spiro atoms. The number of hydrogen-bond donors (Lipinski definition) is 1. The Balaban J connectivity index is 3.09. The van der Waals surface area contributed by atoms with Crippen LogP contribution in [0.25, 0.3) is 0 Å². The highest BCUT2D eigenvalue weighted by atomic mass is 16.6. The fraction of sp³-hybridized carbons (Fsp3) is 0.962. The maximum atomic E-state index is 11.5. The van der Waals surface area contributed by atoms with Gasteiger partial charge in [0, 0.05) is 13.7 Å². The third kappa shape index (κ3) is 34.8. The van der Waals surface area contributed by atoms with Gasteiger partial charge in [-0.25, -0.2) is 4.79 Å². The lowest BCUT2D eigenvalue weighted by atomic mass is 10.2. The van der Waals surface area contributed by atoms with Crippen LogP contribution in [0.1, 0.15) is 20.8 Å². The molecule has 0 unspecified atom stereocenters. The van der Waals surface area contributed by atoms with E-state index in [1.54, 1.807) is 7.11 Å². The monoisotopic (exact) mass is 571 g/mol. The smallest absolute Gasteiger partial charge is 0.407 e. The molecule has 0 rings (SSSR count). The molecule has 13 nitrogen and oxygen atoms in total. The number of rotatable bonds is 30. The SMILES string of the molecule is COCCOCCOCCOCCOCCOCCOCCOCCOCCOCCNC(=O)OC(C)(C)C. The quantitative estimate of drug-likeness (QED) is 0.125. The summed E-state index contributed by atoms with van der Waals surface area (Å²) in [7, 11) is 1.64. The molecule has 0 fully saturated rings. The van der Waals surface area contributed by atoms with Crippen LogP contribution in [0.4, 0.5) is 4.79 Å². The number of ether oxygens (including phenoxy) is 11. The predicted molar refractivity (Wildman–Crippen MR) is 143 cm³/mol. The Hall–Kier alpha value is -1.13. The van der Waals surface area contributed by atoms with Crippen LogP contribution >= 0.6 is 0 Å².